The van der Waals surface area contributed by atoms with E-state index in [1.807, 2.05) is 37.3 Å². The van der Waals surface area contributed by atoms with Crippen LogP contribution in [-0.2, 0) is 6.54 Å². The number of aryl methyl sites for hydroxylation is 1. The fourth-order valence-electron chi connectivity index (χ4n) is 1.87. The zero-order valence-corrected chi connectivity index (χ0v) is 11.0. The summed E-state index contributed by atoms with van der Waals surface area (Å²) in [5.74, 6) is 1.44. The first-order valence-electron chi connectivity index (χ1n) is 5.79. The zero-order chi connectivity index (χ0) is 13.2. The number of halogens is 1. The van der Waals surface area contributed by atoms with Crippen molar-refractivity contribution in [1.29, 1.82) is 0 Å². The van der Waals surface area contributed by atoms with Gasteiger partial charge in [-0.2, -0.15) is 5.10 Å². The first kappa shape index (κ1) is 11.9. The number of nitrogens with zero attached hydrogens (tertiary/aromatic N) is 4. The Labute approximate surface area is 114 Å². The summed E-state index contributed by atoms with van der Waals surface area (Å²) in [6.45, 7) is 2.35. The minimum absolute atomic E-state index is 0.474. The highest BCUT2D eigenvalue weighted by molar-refractivity contribution is 6.33. The Morgan fingerprint density at radius 2 is 2.16 bits per heavy atom. The molecule has 3 rings (SSSR count). The first-order chi connectivity index (χ1) is 9.24. The van der Waals surface area contributed by atoms with Crippen molar-refractivity contribution >= 4 is 11.6 Å². The molecule has 0 saturated carbocycles. The van der Waals surface area contributed by atoms with Gasteiger partial charge in [0.1, 0.15) is 12.9 Å². The van der Waals surface area contributed by atoms with Crippen LogP contribution in [0.25, 0.3) is 11.4 Å². The van der Waals surface area contributed by atoms with Crippen LogP contribution in [0.1, 0.15) is 11.5 Å². The number of rotatable bonds is 3. The van der Waals surface area contributed by atoms with Crippen molar-refractivity contribution in [2.24, 2.45) is 0 Å². The molecule has 6 heteroatoms. The molecule has 0 fully saturated rings. The minimum atomic E-state index is 0.474. The second-order valence-corrected chi connectivity index (χ2v) is 4.56. The van der Waals surface area contributed by atoms with Crippen molar-refractivity contribution in [1.82, 2.24) is 19.9 Å². The van der Waals surface area contributed by atoms with Crippen LogP contribution in [0.3, 0.4) is 0 Å². The van der Waals surface area contributed by atoms with Crippen molar-refractivity contribution < 1.29 is 4.52 Å². The fourth-order valence-corrected chi connectivity index (χ4v) is 2.09. The molecule has 2 aromatic heterocycles. The number of benzene rings is 1. The van der Waals surface area contributed by atoms with Gasteiger partial charge in [-0.1, -0.05) is 28.9 Å². The van der Waals surface area contributed by atoms with Crippen LogP contribution in [0, 0.1) is 6.92 Å². The van der Waals surface area contributed by atoms with E-state index >= 15 is 0 Å². The van der Waals surface area contributed by atoms with Gasteiger partial charge >= 0.3 is 0 Å². The molecule has 0 N–H and O–H groups in total. The smallest absolute Gasteiger partial charge is 0.159 e. The van der Waals surface area contributed by atoms with Crippen LogP contribution in [0.5, 0.6) is 0 Å². The maximum Gasteiger partial charge on any atom is 0.159 e. The lowest BCUT2D eigenvalue weighted by molar-refractivity contribution is 0.368. The third kappa shape index (κ3) is 2.37. The standard InChI is InChI=1S/C13H11ClN4O/c1-9-6-10(19-17-9)7-18-13(15-8-16-18)11-4-2-3-5-12(11)14/h2-6,8H,7H2,1H3. The van der Waals surface area contributed by atoms with Gasteiger partial charge in [0, 0.05) is 11.6 Å². The highest BCUT2D eigenvalue weighted by Crippen LogP contribution is 2.25. The summed E-state index contributed by atoms with van der Waals surface area (Å²) in [5.41, 5.74) is 1.69. The van der Waals surface area contributed by atoms with Crippen LogP contribution in [0.2, 0.25) is 5.02 Å². The van der Waals surface area contributed by atoms with Gasteiger partial charge in [0.05, 0.1) is 10.7 Å². The van der Waals surface area contributed by atoms with Gasteiger partial charge in [-0.15, -0.1) is 0 Å². The van der Waals surface area contributed by atoms with E-state index in [4.69, 9.17) is 16.1 Å². The number of hydrogen-bond donors (Lipinski definition) is 0. The van der Waals surface area contributed by atoms with E-state index < -0.39 is 0 Å². The first-order valence-corrected chi connectivity index (χ1v) is 6.17. The molecule has 5 nitrogen and oxygen atoms in total. The molecule has 2 heterocycles. The zero-order valence-electron chi connectivity index (χ0n) is 10.2. The largest absolute Gasteiger partial charge is 0.359 e. The molecule has 0 unspecified atom stereocenters. The van der Waals surface area contributed by atoms with E-state index in [1.54, 1.807) is 4.68 Å². The van der Waals surface area contributed by atoms with E-state index in [0.29, 0.717) is 17.4 Å². The monoisotopic (exact) mass is 274 g/mol. The highest BCUT2D eigenvalue weighted by Gasteiger charge is 2.12. The van der Waals surface area contributed by atoms with Gasteiger partial charge in [-0.3, -0.25) is 0 Å². The molecular weight excluding hydrogens is 264 g/mol. The molecule has 0 saturated heterocycles. The molecule has 0 radical (unpaired) electrons. The summed E-state index contributed by atoms with van der Waals surface area (Å²) < 4.78 is 6.92. The fraction of sp³-hybridized carbons (Fsp3) is 0.154. The summed E-state index contributed by atoms with van der Waals surface area (Å²) in [6, 6.07) is 9.41. The molecule has 19 heavy (non-hydrogen) atoms. The van der Waals surface area contributed by atoms with E-state index in [1.165, 1.54) is 6.33 Å². The molecule has 0 bridgehead atoms. The Bertz CT molecular complexity index is 704. The second-order valence-electron chi connectivity index (χ2n) is 4.16. The molecule has 0 aliphatic heterocycles. The Morgan fingerprint density at radius 3 is 2.89 bits per heavy atom. The van der Waals surface area contributed by atoms with E-state index in [2.05, 4.69) is 15.2 Å². The highest BCUT2D eigenvalue weighted by atomic mass is 35.5. The van der Waals surface area contributed by atoms with E-state index in [0.717, 1.165) is 17.0 Å². The van der Waals surface area contributed by atoms with E-state index in [-0.39, 0.29) is 0 Å². The van der Waals surface area contributed by atoms with Gasteiger partial charge in [-0.05, 0) is 19.1 Å². The number of hydrogen-bond acceptors (Lipinski definition) is 4. The maximum atomic E-state index is 6.18. The molecule has 0 aliphatic rings. The summed E-state index contributed by atoms with van der Waals surface area (Å²) in [5, 5.41) is 8.70. The van der Waals surface area contributed by atoms with Crippen molar-refractivity contribution in [3.8, 4) is 11.4 Å². The van der Waals surface area contributed by atoms with Gasteiger partial charge < -0.3 is 4.52 Å². The molecule has 1 aromatic carbocycles. The van der Waals surface area contributed by atoms with Crippen molar-refractivity contribution in [3.63, 3.8) is 0 Å². The summed E-state index contributed by atoms with van der Waals surface area (Å²) in [4.78, 5) is 4.26. The van der Waals surface area contributed by atoms with Crippen molar-refractivity contribution in [3.05, 3.63) is 53.1 Å². The quantitative estimate of drug-likeness (QED) is 0.737. The van der Waals surface area contributed by atoms with Gasteiger partial charge in [0.15, 0.2) is 11.6 Å². The van der Waals surface area contributed by atoms with Crippen molar-refractivity contribution in [2.45, 2.75) is 13.5 Å². The lowest BCUT2D eigenvalue weighted by Gasteiger charge is -2.05. The predicted molar refractivity (Wildman–Crippen MR) is 70.8 cm³/mol. The molecule has 0 aliphatic carbocycles. The Balaban J connectivity index is 1.97. The lowest BCUT2D eigenvalue weighted by atomic mass is 10.2. The molecule has 0 amide bonds. The SMILES string of the molecule is Cc1cc(Cn2ncnc2-c2ccccc2Cl)on1. The van der Waals surface area contributed by atoms with Gasteiger partial charge in [-0.25, -0.2) is 9.67 Å². The van der Waals surface area contributed by atoms with Gasteiger partial charge in [0.2, 0.25) is 0 Å². The topological polar surface area (TPSA) is 56.7 Å². The van der Waals surface area contributed by atoms with Crippen LogP contribution in [-0.4, -0.2) is 19.9 Å². The van der Waals surface area contributed by atoms with Crippen LogP contribution >= 0.6 is 11.6 Å². The molecule has 3 aromatic rings. The van der Waals surface area contributed by atoms with Crippen LogP contribution in [0.4, 0.5) is 0 Å². The molecular formula is C13H11ClN4O. The predicted octanol–water partition coefficient (Wildman–Crippen LogP) is 2.94. The third-order valence-corrected chi connectivity index (χ3v) is 3.04. The molecule has 0 atom stereocenters. The Hall–Kier alpha value is -2.14. The average Bonchev–Trinajstić information content (AvgIpc) is 3.00. The van der Waals surface area contributed by atoms with Gasteiger partial charge in [0.25, 0.3) is 0 Å². The van der Waals surface area contributed by atoms with Crippen LogP contribution < -0.4 is 0 Å². The van der Waals surface area contributed by atoms with E-state index in [9.17, 15) is 0 Å². The summed E-state index contributed by atoms with van der Waals surface area (Å²) >= 11 is 6.18. The molecule has 0 spiro atoms. The van der Waals surface area contributed by atoms with Crippen LogP contribution in [0.15, 0.2) is 41.2 Å². The second kappa shape index (κ2) is 4.85. The normalized spacial score (nSPS) is 10.8. The summed E-state index contributed by atoms with van der Waals surface area (Å²) in [6.07, 6.45) is 1.50. The Morgan fingerprint density at radius 1 is 1.32 bits per heavy atom. The Kier molecular flexibility index (Phi) is 3.05. The lowest BCUT2D eigenvalue weighted by Crippen LogP contribution is -2.03. The van der Waals surface area contributed by atoms with Crippen molar-refractivity contribution in [2.75, 3.05) is 0 Å². The summed E-state index contributed by atoms with van der Waals surface area (Å²) in [7, 11) is 0. The average molecular weight is 275 g/mol. The maximum absolute atomic E-state index is 6.18. The minimum Gasteiger partial charge on any atom is -0.359 e. The molecule has 96 valence electrons. The third-order valence-electron chi connectivity index (χ3n) is 2.71. The number of aromatic nitrogens is 4.